The summed E-state index contributed by atoms with van der Waals surface area (Å²) in [5.41, 5.74) is 0.110. The lowest BCUT2D eigenvalue weighted by molar-refractivity contribution is -0.0176. The monoisotopic (exact) mass is 223 g/mol. The van der Waals surface area contributed by atoms with E-state index >= 15 is 0 Å². The van der Waals surface area contributed by atoms with Gasteiger partial charge in [-0.1, -0.05) is 0 Å². The molecule has 1 aromatic rings. The lowest BCUT2D eigenvalue weighted by Gasteiger charge is -2.26. The van der Waals surface area contributed by atoms with Gasteiger partial charge in [-0.05, 0) is 13.8 Å². The quantitative estimate of drug-likeness (QED) is 0.791. The van der Waals surface area contributed by atoms with Gasteiger partial charge in [-0.25, -0.2) is 9.97 Å². The minimum absolute atomic E-state index is 0.136. The number of hydrogen-bond acceptors (Lipinski definition) is 5. The first-order chi connectivity index (χ1) is 7.60. The Morgan fingerprint density at radius 2 is 2.44 bits per heavy atom. The zero-order valence-electron chi connectivity index (χ0n) is 9.60. The van der Waals surface area contributed by atoms with E-state index in [0.29, 0.717) is 19.6 Å². The number of aliphatic hydroxyl groups is 1. The summed E-state index contributed by atoms with van der Waals surface area (Å²) in [6.07, 6.45) is 2.03. The van der Waals surface area contributed by atoms with Crippen molar-refractivity contribution in [3.05, 3.63) is 18.1 Å². The van der Waals surface area contributed by atoms with Crippen LogP contribution >= 0.6 is 0 Å². The molecule has 0 spiro atoms. The van der Waals surface area contributed by atoms with Crippen molar-refractivity contribution in [3.8, 4) is 0 Å². The number of ether oxygens (including phenoxy) is 1. The van der Waals surface area contributed by atoms with Crippen molar-refractivity contribution in [2.75, 3.05) is 18.5 Å². The minimum Gasteiger partial charge on any atom is -0.385 e. The molecule has 0 bridgehead atoms. The second-order valence-electron chi connectivity index (χ2n) is 4.26. The van der Waals surface area contributed by atoms with E-state index in [-0.39, 0.29) is 6.10 Å². The zero-order valence-corrected chi connectivity index (χ0v) is 9.60. The van der Waals surface area contributed by atoms with Gasteiger partial charge in [0.05, 0.1) is 6.10 Å². The fraction of sp³-hybridized carbons (Fsp3) is 0.636. The third kappa shape index (κ3) is 2.31. The maximum absolute atomic E-state index is 10.3. The molecule has 0 saturated carbocycles. The smallest absolute Gasteiger partial charge is 0.129 e. The Kier molecular flexibility index (Phi) is 3.07. The van der Waals surface area contributed by atoms with Gasteiger partial charge < -0.3 is 15.2 Å². The van der Waals surface area contributed by atoms with Crippen molar-refractivity contribution in [1.29, 1.82) is 0 Å². The molecular formula is C11H17N3O2. The molecule has 2 unspecified atom stereocenters. The first-order valence-corrected chi connectivity index (χ1v) is 5.47. The van der Waals surface area contributed by atoms with E-state index < -0.39 is 5.60 Å². The second-order valence-corrected chi connectivity index (χ2v) is 4.26. The van der Waals surface area contributed by atoms with Crippen LogP contribution in [0.4, 0.5) is 5.82 Å². The average molecular weight is 223 g/mol. The molecule has 0 aromatic carbocycles. The van der Waals surface area contributed by atoms with Crippen LogP contribution in [-0.4, -0.2) is 39.9 Å². The molecule has 2 rings (SSSR count). The van der Waals surface area contributed by atoms with Crippen molar-refractivity contribution in [2.24, 2.45) is 0 Å². The first-order valence-electron chi connectivity index (χ1n) is 5.47. The maximum atomic E-state index is 10.3. The van der Waals surface area contributed by atoms with E-state index in [4.69, 9.17) is 4.74 Å². The third-order valence-electron chi connectivity index (χ3n) is 3.04. The summed E-state index contributed by atoms with van der Waals surface area (Å²) < 4.78 is 5.36. The van der Waals surface area contributed by atoms with Gasteiger partial charge in [0.25, 0.3) is 0 Å². The molecule has 16 heavy (non-hydrogen) atoms. The van der Waals surface area contributed by atoms with Gasteiger partial charge in [-0.15, -0.1) is 0 Å². The summed E-state index contributed by atoms with van der Waals surface area (Å²) in [5, 5.41) is 13.4. The van der Waals surface area contributed by atoms with Crippen molar-refractivity contribution < 1.29 is 9.84 Å². The number of hydrogen-bond donors (Lipinski definition) is 2. The number of rotatable bonds is 3. The van der Waals surface area contributed by atoms with E-state index in [1.165, 1.54) is 6.33 Å². The molecule has 1 aliphatic rings. The van der Waals surface area contributed by atoms with Crippen molar-refractivity contribution >= 4 is 5.82 Å². The van der Waals surface area contributed by atoms with Crippen LogP contribution < -0.4 is 5.32 Å². The van der Waals surface area contributed by atoms with Crippen molar-refractivity contribution in [3.63, 3.8) is 0 Å². The Bertz CT molecular complexity index is 372. The molecule has 0 amide bonds. The van der Waals surface area contributed by atoms with Gasteiger partial charge in [0.1, 0.15) is 17.7 Å². The molecule has 1 aromatic heterocycles. The number of aromatic nitrogens is 2. The molecule has 1 fully saturated rings. The van der Waals surface area contributed by atoms with Gasteiger partial charge in [0.15, 0.2) is 0 Å². The Morgan fingerprint density at radius 3 is 3.06 bits per heavy atom. The molecule has 1 saturated heterocycles. The molecule has 2 atom stereocenters. The van der Waals surface area contributed by atoms with Gasteiger partial charge in [0.2, 0.25) is 0 Å². The van der Waals surface area contributed by atoms with Crippen LogP contribution in [0.1, 0.15) is 19.0 Å². The minimum atomic E-state index is -0.793. The molecule has 5 heteroatoms. The van der Waals surface area contributed by atoms with E-state index in [1.54, 1.807) is 0 Å². The summed E-state index contributed by atoms with van der Waals surface area (Å²) in [6.45, 7) is 4.86. The first kappa shape index (κ1) is 11.3. The Morgan fingerprint density at radius 1 is 1.62 bits per heavy atom. The molecule has 2 N–H and O–H groups in total. The summed E-state index contributed by atoms with van der Waals surface area (Å²) in [6, 6.07) is 1.85. The van der Waals surface area contributed by atoms with Crippen molar-refractivity contribution in [2.45, 2.75) is 32.0 Å². The van der Waals surface area contributed by atoms with E-state index in [2.05, 4.69) is 15.3 Å². The highest BCUT2D eigenvalue weighted by Crippen LogP contribution is 2.25. The lowest BCUT2D eigenvalue weighted by Crippen LogP contribution is -2.43. The Labute approximate surface area is 94.9 Å². The van der Waals surface area contributed by atoms with Gasteiger partial charge in [-0.2, -0.15) is 0 Å². The normalized spacial score (nSPS) is 29.3. The fourth-order valence-electron chi connectivity index (χ4n) is 1.80. The summed E-state index contributed by atoms with van der Waals surface area (Å²) in [5.74, 6) is 0.736. The van der Waals surface area contributed by atoms with Crippen LogP contribution in [0.25, 0.3) is 0 Å². The van der Waals surface area contributed by atoms with E-state index in [0.717, 1.165) is 11.5 Å². The highest BCUT2D eigenvalue weighted by molar-refractivity contribution is 5.35. The zero-order chi connectivity index (χ0) is 11.6. The maximum Gasteiger partial charge on any atom is 0.129 e. The van der Waals surface area contributed by atoms with E-state index in [9.17, 15) is 5.11 Å². The van der Waals surface area contributed by atoms with Gasteiger partial charge >= 0.3 is 0 Å². The van der Waals surface area contributed by atoms with Crippen LogP contribution in [0.5, 0.6) is 0 Å². The van der Waals surface area contributed by atoms with Crippen molar-refractivity contribution in [1.82, 2.24) is 9.97 Å². The molecule has 5 nitrogen and oxygen atoms in total. The average Bonchev–Trinajstić information content (AvgIpc) is 2.58. The highest BCUT2D eigenvalue weighted by atomic mass is 16.5. The largest absolute Gasteiger partial charge is 0.385 e. The summed E-state index contributed by atoms with van der Waals surface area (Å²) >= 11 is 0. The molecular weight excluding hydrogens is 206 g/mol. The van der Waals surface area contributed by atoms with Crippen LogP contribution in [-0.2, 0) is 4.74 Å². The summed E-state index contributed by atoms with van der Waals surface area (Å²) in [7, 11) is 0. The topological polar surface area (TPSA) is 67.3 Å². The second kappa shape index (κ2) is 4.35. The van der Waals surface area contributed by atoms with Crippen LogP contribution in [0, 0.1) is 6.92 Å². The fourth-order valence-corrected chi connectivity index (χ4v) is 1.80. The highest BCUT2D eigenvalue weighted by Gasteiger charge is 2.39. The third-order valence-corrected chi connectivity index (χ3v) is 3.04. The molecule has 0 aliphatic carbocycles. The van der Waals surface area contributed by atoms with Crippen LogP contribution in [0.2, 0.25) is 0 Å². The Hall–Kier alpha value is -1.20. The summed E-state index contributed by atoms with van der Waals surface area (Å²) in [4.78, 5) is 8.10. The number of aryl methyl sites for hydroxylation is 1. The van der Waals surface area contributed by atoms with Gasteiger partial charge in [0, 0.05) is 31.3 Å². The lowest BCUT2D eigenvalue weighted by atomic mass is 9.97. The molecule has 88 valence electrons. The SMILES string of the molecule is Cc1cc(NCC2(O)CCOC2C)ncn1. The number of nitrogens with zero attached hydrogens (tertiary/aromatic N) is 2. The molecule has 0 radical (unpaired) electrons. The predicted octanol–water partition coefficient (Wildman–Crippen LogP) is 0.737. The Balaban J connectivity index is 1.97. The molecule has 2 heterocycles. The molecule has 1 aliphatic heterocycles. The predicted molar refractivity (Wildman–Crippen MR) is 60.2 cm³/mol. The number of anilines is 1. The van der Waals surface area contributed by atoms with E-state index in [1.807, 2.05) is 19.9 Å². The van der Waals surface area contributed by atoms with Crippen LogP contribution in [0.15, 0.2) is 12.4 Å². The standard InChI is InChI=1S/C11H17N3O2/c1-8-5-10(14-7-13-8)12-6-11(15)3-4-16-9(11)2/h5,7,9,15H,3-4,6H2,1-2H3,(H,12,13,14). The van der Waals surface area contributed by atoms with Gasteiger partial charge in [-0.3, -0.25) is 0 Å². The number of nitrogens with one attached hydrogen (secondary N) is 1. The van der Waals surface area contributed by atoms with Crippen LogP contribution in [0.3, 0.4) is 0 Å².